The third-order valence-corrected chi connectivity index (χ3v) is 6.77. The van der Waals surface area contributed by atoms with Gasteiger partial charge in [0.15, 0.2) is 15.8 Å². The standard InChI is InChI=1S/C22H30N4O3S/c1-3-23-22(24-13-18-30(27,28)19-9-5-4-6-10-19)26-16-14-25(15-17-26)20-11-7-8-12-21(20)29-2/h4-12H,3,13-18H2,1-2H3,(H,23,24). The zero-order chi connectivity index (χ0) is 21.4. The molecule has 1 N–H and O–H groups in total. The van der Waals surface area contributed by atoms with Crippen LogP contribution in [0.3, 0.4) is 0 Å². The predicted molar refractivity (Wildman–Crippen MR) is 121 cm³/mol. The van der Waals surface area contributed by atoms with Gasteiger partial charge in [-0.25, -0.2) is 8.42 Å². The van der Waals surface area contributed by atoms with Gasteiger partial charge in [0.25, 0.3) is 0 Å². The normalized spacial score (nSPS) is 15.2. The molecule has 0 spiro atoms. The molecule has 0 bridgehead atoms. The Morgan fingerprint density at radius 3 is 2.37 bits per heavy atom. The predicted octanol–water partition coefficient (Wildman–Crippen LogP) is 2.26. The zero-order valence-electron chi connectivity index (χ0n) is 17.6. The Morgan fingerprint density at radius 2 is 1.70 bits per heavy atom. The van der Waals surface area contributed by atoms with E-state index in [-0.39, 0.29) is 12.3 Å². The van der Waals surface area contributed by atoms with Gasteiger partial charge in [-0.1, -0.05) is 30.3 Å². The van der Waals surface area contributed by atoms with Crippen LogP contribution in [0.15, 0.2) is 64.5 Å². The molecule has 7 nitrogen and oxygen atoms in total. The third-order valence-electron chi connectivity index (χ3n) is 5.06. The van der Waals surface area contributed by atoms with Gasteiger partial charge in [-0.2, -0.15) is 0 Å². The molecule has 0 unspecified atom stereocenters. The van der Waals surface area contributed by atoms with Crippen molar-refractivity contribution in [1.82, 2.24) is 10.2 Å². The Morgan fingerprint density at radius 1 is 1.03 bits per heavy atom. The average molecular weight is 431 g/mol. The van der Waals surface area contributed by atoms with Crippen LogP contribution in [0.2, 0.25) is 0 Å². The van der Waals surface area contributed by atoms with Crippen molar-refractivity contribution in [2.45, 2.75) is 11.8 Å². The van der Waals surface area contributed by atoms with Crippen molar-refractivity contribution < 1.29 is 13.2 Å². The number of benzene rings is 2. The zero-order valence-corrected chi connectivity index (χ0v) is 18.4. The Bertz CT molecular complexity index is 940. The van der Waals surface area contributed by atoms with Crippen LogP contribution in [0.25, 0.3) is 0 Å². The topological polar surface area (TPSA) is 74.2 Å². The smallest absolute Gasteiger partial charge is 0.194 e. The van der Waals surface area contributed by atoms with E-state index in [9.17, 15) is 8.42 Å². The van der Waals surface area contributed by atoms with E-state index in [0.717, 1.165) is 50.1 Å². The molecule has 1 saturated heterocycles. The van der Waals surface area contributed by atoms with Crippen LogP contribution in [-0.4, -0.2) is 71.4 Å². The van der Waals surface area contributed by atoms with Gasteiger partial charge in [-0.15, -0.1) is 0 Å². The maximum atomic E-state index is 12.5. The van der Waals surface area contributed by atoms with Crippen LogP contribution in [0, 0.1) is 0 Å². The van der Waals surface area contributed by atoms with E-state index in [0.29, 0.717) is 4.90 Å². The third kappa shape index (κ3) is 5.44. The molecular weight excluding hydrogens is 400 g/mol. The summed E-state index contributed by atoms with van der Waals surface area (Å²) in [5.41, 5.74) is 1.09. The number of methoxy groups -OCH3 is 1. The number of ether oxygens (including phenoxy) is 1. The molecule has 0 aromatic heterocycles. The lowest BCUT2D eigenvalue weighted by molar-refractivity contribution is 0.367. The molecule has 2 aromatic carbocycles. The van der Waals surface area contributed by atoms with Crippen molar-refractivity contribution in [3.05, 3.63) is 54.6 Å². The number of guanidine groups is 1. The molecule has 8 heteroatoms. The lowest BCUT2D eigenvalue weighted by atomic mass is 10.2. The Labute approximate surface area is 179 Å². The van der Waals surface area contributed by atoms with Gasteiger partial charge in [0.1, 0.15) is 5.75 Å². The van der Waals surface area contributed by atoms with Crippen LogP contribution in [0.1, 0.15) is 6.92 Å². The fourth-order valence-electron chi connectivity index (χ4n) is 3.49. The van der Waals surface area contributed by atoms with Crippen molar-refractivity contribution in [2.24, 2.45) is 4.99 Å². The van der Waals surface area contributed by atoms with E-state index in [2.05, 4.69) is 26.2 Å². The summed E-state index contributed by atoms with van der Waals surface area (Å²) in [4.78, 5) is 9.42. The number of aliphatic imine (C=N–C) groups is 1. The molecule has 30 heavy (non-hydrogen) atoms. The second-order valence-electron chi connectivity index (χ2n) is 7.01. The highest BCUT2D eigenvalue weighted by molar-refractivity contribution is 7.91. The van der Waals surface area contributed by atoms with Crippen molar-refractivity contribution in [3.63, 3.8) is 0 Å². The molecule has 162 valence electrons. The minimum atomic E-state index is -3.33. The van der Waals surface area contributed by atoms with Crippen molar-refractivity contribution in [3.8, 4) is 5.75 Å². The van der Waals surface area contributed by atoms with Crippen molar-refractivity contribution in [1.29, 1.82) is 0 Å². The molecule has 2 aromatic rings. The first-order chi connectivity index (χ1) is 14.5. The fourth-order valence-corrected chi connectivity index (χ4v) is 4.63. The lowest BCUT2D eigenvalue weighted by Gasteiger charge is -2.38. The van der Waals surface area contributed by atoms with Gasteiger partial charge in [0, 0.05) is 32.7 Å². The summed E-state index contributed by atoms with van der Waals surface area (Å²) >= 11 is 0. The van der Waals surface area contributed by atoms with E-state index in [1.54, 1.807) is 31.4 Å². The molecular formula is C22H30N4O3S. The number of hydrogen-bond donors (Lipinski definition) is 1. The number of anilines is 1. The summed E-state index contributed by atoms with van der Waals surface area (Å²) in [5, 5.41) is 3.29. The maximum absolute atomic E-state index is 12.5. The summed E-state index contributed by atoms with van der Waals surface area (Å²) in [6, 6.07) is 16.6. The first kappa shape index (κ1) is 22.0. The van der Waals surface area contributed by atoms with Gasteiger partial charge in [0.2, 0.25) is 0 Å². The number of sulfone groups is 1. The van der Waals surface area contributed by atoms with Crippen LogP contribution < -0.4 is 15.0 Å². The van der Waals surface area contributed by atoms with Gasteiger partial charge in [0.05, 0.1) is 30.0 Å². The van der Waals surface area contributed by atoms with Crippen molar-refractivity contribution in [2.75, 3.05) is 57.0 Å². The van der Waals surface area contributed by atoms with Crippen LogP contribution in [-0.2, 0) is 9.84 Å². The Kier molecular flexibility index (Phi) is 7.57. The highest BCUT2D eigenvalue weighted by atomic mass is 32.2. The number of piperazine rings is 1. The first-order valence-electron chi connectivity index (χ1n) is 10.2. The number of nitrogens with zero attached hydrogens (tertiary/aromatic N) is 3. The summed E-state index contributed by atoms with van der Waals surface area (Å²) in [5.74, 6) is 1.63. The van der Waals surface area contributed by atoms with Crippen LogP contribution >= 0.6 is 0 Å². The fraction of sp³-hybridized carbons (Fsp3) is 0.409. The molecule has 1 fully saturated rings. The average Bonchev–Trinajstić information content (AvgIpc) is 2.79. The van der Waals surface area contributed by atoms with E-state index in [1.165, 1.54) is 0 Å². The van der Waals surface area contributed by atoms with Crippen LogP contribution in [0.5, 0.6) is 5.75 Å². The highest BCUT2D eigenvalue weighted by Crippen LogP contribution is 2.28. The molecule has 0 radical (unpaired) electrons. The van der Waals surface area contributed by atoms with Gasteiger partial charge in [-0.3, -0.25) is 4.99 Å². The second-order valence-corrected chi connectivity index (χ2v) is 9.12. The SMILES string of the molecule is CCNC(=NCCS(=O)(=O)c1ccccc1)N1CCN(c2ccccc2OC)CC1. The monoisotopic (exact) mass is 430 g/mol. The first-order valence-corrected chi connectivity index (χ1v) is 11.9. The molecule has 0 aliphatic carbocycles. The number of nitrogens with one attached hydrogen (secondary N) is 1. The quantitative estimate of drug-likeness (QED) is 0.537. The van der Waals surface area contributed by atoms with E-state index < -0.39 is 9.84 Å². The maximum Gasteiger partial charge on any atom is 0.194 e. The molecule has 0 saturated carbocycles. The summed E-state index contributed by atoms with van der Waals surface area (Å²) in [6.07, 6.45) is 0. The summed E-state index contributed by atoms with van der Waals surface area (Å²) < 4.78 is 30.5. The second kappa shape index (κ2) is 10.3. The van der Waals surface area contributed by atoms with Crippen molar-refractivity contribution >= 4 is 21.5 Å². The number of rotatable bonds is 7. The number of hydrogen-bond acceptors (Lipinski definition) is 5. The molecule has 3 rings (SSSR count). The summed E-state index contributed by atoms with van der Waals surface area (Å²) in [6.45, 7) is 6.26. The van der Waals surface area contributed by atoms with Crippen LogP contribution in [0.4, 0.5) is 5.69 Å². The minimum Gasteiger partial charge on any atom is -0.495 e. The Hall–Kier alpha value is -2.74. The van der Waals surface area contributed by atoms with Gasteiger partial charge >= 0.3 is 0 Å². The molecule has 1 aliphatic rings. The van der Waals surface area contributed by atoms with Gasteiger partial charge in [-0.05, 0) is 31.2 Å². The van der Waals surface area contributed by atoms with E-state index in [1.807, 2.05) is 31.2 Å². The minimum absolute atomic E-state index is 0.00686. The van der Waals surface area contributed by atoms with E-state index in [4.69, 9.17) is 4.74 Å². The molecule has 0 atom stereocenters. The van der Waals surface area contributed by atoms with E-state index >= 15 is 0 Å². The number of para-hydroxylation sites is 2. The summed E-state index contributed by atoms with van der Waals surface area (Å²) in [7, 11) is -1.64. The highest BCUT2D eigenvalue weighted by Gasteiger charge is 2.22. The Balaban J connectivity index is 1.61. The molecule has 1 aliphatic heterocycles. The molecule has 0 amide bonds. The largest absolute Gasteiger partial charge is 0.495 e. The molecule has 1 heterocycles. The lowest BCUT2D eigenvalue weighted by Crippen LogP contribution is -2.52. The van der Waals surface area contributed by atoms with Gasteiger partial charge < -0.3 is 19.9 Å².